The molecule has 0 spiro atoms. The summed E-state index contributed by atoms with van der Waals surface area (Å²) in [7, 11) is 0. The van der Waals surface area contributed by atoms with Crippen molar-refractivity contribution in [1.29, 1.82) is 0 Å². The monoisotopic (exact) mass is 437 g/mol. The number of nitrogens with zero attached hydrogens (tertiary/aromatic N) is 4. The molecule has 0 amide bonds. The smallest absolute Gasteiger partial charge is 0.410 e. The maximum absolute atomic E-state index is 13.8. The molecule has 2 aliphatic rings. The summed E-state index contributed by atoms with van der Waals surface area (Å²) in [4.78, 5) is 18.6. The molecule has 1 N–H and O–H groups in total. The first-order chi connectivity index (χ1) is 14.9. The third-order valence-corrected chi connectivity index (χ3v) is 6.12. The molecule has 168 valence electrons. The minimum Gasteiger partial charge on any atom is -0.462 e. The van der Waals surface area contributed by atoms with E-state index in [0.717, 1.165) is 37.2 Å². The zero-order valence-corrected chi connectivity index (χ0v) is 17.3. The number of anilines is 1. The van der Waals surface area contributed by atoms with Crippen molar-refractivity contribution in [2.24, 2.45) is 5.92 Å². The Morgan fingerprint density at radius 3 is 2.61 bits per heavy atom. The number of carbonyl (C=O) groups excluding carboxylic acids is 1. The summed E-state index contributed by atoms with van der Waals surface area (Å²) in [5.74, 6) is -0.474. The Balaban J connectivity index is 1.47. The Labute approximate surface area is 178 Å². The number of fused-ring (bicyclic) bond motifs is 1. The van der Waals surface area contributed by atoms with Gasteiger partial charge in [-0.3, -0.25) is 9.88 Å². The molecule has 0 aliphatic carbocycles. The third kappa shape index (κ3) is 4.68. The van der Waals surface area contributed by atoms with Crippen LogP contribution in [0.15, 0.2) is 30.7 Å². The van der Waals surface area contributed by atoms with Crippen LogP contribution < -0.4 is 5.32 Å². The van der Waals surface area contributed by atoms with Gasteiger partial charge < -0.3 is 10.1 Å². The predicted molar refractivity (Wildman–Crippen MR) is 108 cm³/mol. The van der Waals surface area contributed by atoms with Crippen LogP contribution in [0.4, 0.5) is 19.0 Å². The van der Waals surface area contributed by atoms with E-state index >= 15 is 0 Å². The highest BCUT2D eigenvalue weighted by atomic mass is 19.4. The van der Waals surface area contributed by atoms with Gasteiger partial charge in [0.1, 0.15) is 11.4 Å². The van der Waals surface area contributed by atoms with E-state index in [1.807, 2.05) is 12.1 Å². The molecule has 2 aromatic rings. The lowest BCUT2D eigenvalue weighted by Gasteiger charge is -2.41. The molecule has 2 aliphatic heterocycles. The molecule has 0 unspecified atom stereocenters. The van der Waals surface area contributed by atoms with Gasteiger partial charge in [-0.2, -0.15) is 18.3 Å². The molecule has 10 heteroatoms. The Morgan fingerprint density at radius 1 is 1.26 bits per heavy atom. The van der Waals surface area contributed by atoms with Gasteiger partial charge in [0.05, 0.1) is 12.8 Å². The summed E-state index contributed by atoms with van der Waals surface area (Å²) >= 11 is 0. The number of ether oxygens (including phenoxy) is 1. The molecule has 0 aromatic carbocycles. The summed E-state index contributed by atoms with van der Waals surface area (Å²) in [5.41, 5.74) is 1.22. The van der Waals surface area contributed by atoms with E-state index in [9.17, 15) is 18.0 Å². The van der Waals surface area contributed by atoms with Gasteiger partial charge in [-0.1, -0.05) is 0 Å². The Hall–Kier alpha value is -2.62. The van der Waals surface area contributed by atoms with Crippen LogP contribution in [0.25, 0.3) is 0 Å². The molecule has 7 nitrogen and oxygen atoms in total. The summed E-state index contributed by atoms with van der Waals surface area (Å²) in [6.45, 7) is 4.23. The zero-order chi connectivity index (χ0) is 22.0. The average molecular weight is 437 g/mol. The van der Waals surface area contributed by atoms with Crippen molar-refractivity contribution in [2.75, 3.05) is 25.0 Å². The van der Waals surface area contributed by atoms with Crippen LogP contribution in [0.1, 0.15) is 48.1 Å². The molecular formula is C21H26F3N5O2. The maximum atomic E-state index is 13.8. The minimum atomic E-state index is -4.45. The number of likely N-dealkylation sites (tertiary alicyclic amines) is 1. The first kappa shape index (κ1) is 21.6. The number of piperidine rings is 1. The van der Waals surface area contributed by atoms with Crippen molar-refractivity contribution in [1.82, 2.24) is 19.7 Å². The number of carbonyl (C=O) groups is 1. The standard InChI is InChI=1S/C21H26F3N5O2/c1-2-31-20(30)16-12-26-29-18(21(22,23)24)11-17(27-19(16)29)15-5-9-28(10-6-15)13-14-3-7-25-8-4-14/h3-4,7-8,12,15,17-18,27H,2,5-6,9-11,13H2,1H3/t17-,18+/m1/s1. The van der Waals surface area contributed by atoms with Crippen molar-refractivity contribution in [3.05, 3.63) is 41.9 Å². The second-order valence-electron chi connectivity index (χ2n) is 8.08. The van der Waals surface area contributed by atoms with Crippen LogP contribution in [0.2, 0.25) is 0 Å². The van der Waals surface area contributed by atoms with Crippen LogP contribution in [-0.4, -0.2) is 57.5 Å². The Morgan fingerprint density at radius 2 is 1.97 bits per heavy atom. The van der Waals surface area contributed by atoms with Crippen molar-refractivity contribution in [3.8, 4) is 0 Å². The lowest BCUT2D eigenvalue weighted by molar-refractivity contribution is -0.174. The van der Waals surface area contributed by atoms with Gasteiger partial charge in [0, 0.05) is 25.0 Å². The van der Waals surface area contributed by atoms with E-state index in [1.54, 1.807) is 19.3 Å². The second kappa shape index (κ2) is 8.86. The van der Waals surface area contributed by atoms with Gasteiger partial charge in [0.25, 0.3) is 0 Å². The number of esters is 1. The largest absolute Gasteiger partial charge is 0.462 e. The first-order valence-electron chi connectivity index (χ1n) is 10.6. The quantitative estimate of drug-likeness (QED) is 0.720. The number of pyridine rings is 1. The third-order valence-electron chi connectivity index (χ3n) is 6.12. The number of alkyl halides is 3. The highest BCUT2D eigenvalue weighted by Gasteiger charge is 2.48. The second-order valence-corrected chi connectivity index (χ2v) is 8.08. The average Bonchev–Trinajstić information content (AvgIpc) is 3.18. The number of aromatic nitrogens is 3. The van der Waals surface area contributed by atoms with Crippen LogP contribution in [-0.2, 0) is 11.3 Å². The van der Waals surface area contributed by atoms with Crippen LogP contribution in [0.5, 0.6) is 0 Å². The maximum Gasteiger partial charge on any atom is 0.410 e. The molecule has 0 saturated carbocycles. The van der Waals surface area contributed by atoms with Crippen molar-refractivity contribution in [2.45, 2.75) is 51.0 Å². The lowest BCUT2D eigenvalue weighted by Crippen LogP contribution is -2.46. The molecule has 4 heterocycles. The fourth-order valence-electron chi connectivity index (χ4n) is 4.52. The Bertz CT molecular complexity index is 894. The Kier molecular flexibility index (Phi) is 6.17. The molecule has 0 bridgehead atoms. The van der Waals surface area contributed by atoms with Gasteiger partial charge >= 0.3 is 12.1 Å². The van der Waals surface area contributed by atoms with E-state index < -0.39 is 18.2 Å². The number of halogens is 3. The van der Waals surface area contributed by atoms with Gasteiger partial charge in [-0.15, -0.1) is 0 Å². The molecule has 2 aromatic heterocycles. The number of hydrogen-bond donors (Lipinski definition) is 1. The van der Waals surface area contributed by atoms with Crippen LogP contribution in [0.3, 0.4) is 0 Å². The van der Waals surface area contributed by atoms with Crippen LogP contribution >= 0.6 is 0 Å². The molecule has 4 rings (SSSR count). The number of rotatable bonds is 5. The topological polar surface area (TPSA) is 72.3 Å². The summed E-state index contributed by atoms with van der Waals surface area (Å²) in [6, 6.07) is 1.81. The van der Waals surface area contributed by atoms with Gasteiger partial charge in [-0.05, 0) is 62.9 Å². The fraction of sp³-hybridized carbons (Fsp3) is 0.571. The predicted octanol–water partition coefficient (Wildman–Crippen LogP) is 3.65. The molecule has 1 saturated heterocycles. The van der Waals surface area contributed by atoms with Gasteiger partial charge in [-0.25, -0.2) is 9.48 Å². The summed E-state index contributed by atoms with van der Waals surface area (Å²) in [6.07, 6.45) is 1.71. The zero-order valence-electron chi connectivity index (χ0n) is 17.3. The van der Waals surface area contributed by atoms with E-state index in [-0.39, 0.29) is 36.4 Å². The fourth-order valence-corrected chi connectivity index (χ4v) is 4.52. The molecule has 1 fully saturated rings. The normalized spacial score (nSPS) is 22.6. The molecular weight excluding hydrogens is 411 g/mol. The van der Waals surface area contributed by atoms with E-state index in [2.05, 4.69) is 20.3 Å². The highest BCUT2D eigenvalue weighted by molar-refractivity contribution is 5.94. The first-order valence-corrected chi connectivity index (χ1v) is 10.6. The van der Waals surface area contributed by atoms with E-state index in [0.29, 0.717) is 0 Å². The van der Waals surface area contributed by atoms with Gasteiger partial charge in [0.15, 0.2) is 6.04 Å². The molecule has 31 heavy (non-hydrogen) atoms. The van der Waals surface area contributed by atoms with Crippen molar-refractivity contribution >= 4 is 11.8 Å². The van der Waals surface area contributed by atoms with Crippen molar-refractivity contribution < 1.29 is 22.7 Å². The van der Waals surface area contributed by atoms with Crippen molar-refractivity contribution in [3.63, 3.8) is 0 Å². The van der Waals surface area contributed by atoms with E-state index in [1.165, 1.54) is 11.8 Å². The van der Waals surface area contributed by atoms with Crippen LogP contribution in [0, 0.1) is 5.92 Å². The number of nitrogens with one attached hydrogen (secondary N) is 1. The highest BCUT2D eigenvalue weighted by Crippen LogP contribution is 2.43. The molecule has 2 atom stereocenters. The number of hydrogen-bond acceptors (Lipinski definition) is 6. The minimum absolute atomic E-state index is 0.0518. The SMILES string of the molecule is CCOC(=O)c1cnn2c1N[C@@H](C1CCN(Cc3ccncc3)CC1)C[C@H]2C(F)(F)F. The summed E-state index contributed by atoms with van der Waals surface area (Å²) < 4.78 is 47.3. The van der Waals surface area contributed by atoms with E-state index in [4.69, 9.17) is 4.74 Å². The molecule has 0 radical (unpaired) electrons. The van der Waals surface area contributed by atoms with Gasteiger partial charge in [0.2, 0.25) is 0 Å². The summed E-state index contributed by atoms with van der Waals surface area (Å²) in [5, 5.41) is 7.06. The lowest BCUT2D eigenvalue weighted by atomic mass is 9.84.